The van der Waals surface area contributed by atoms with E-state index in [4.69, 9.17) is 0 Å². The average Bonchev–Trinajstić information content (AvgIpc) is 2.87. The standard InChI is InChI=1S/C36H39N/c1-35(2,3)33-13-6-7-14-34(33)37-28-10-8-9-27(20-28)29-15-16-32(31-12-5-4-11-30(29)31)36-21-24-17-25(22-36)19-26(18-24)23-36/h4-16,20,24-26,37H,17-19,21-23H2,1-3H3/t24-,25+,26?,36?. The first-order valence-corrected chi connectivity index (χ1v) is 14.4. The van der Waals surface area contributed by atoms with Gasteiger partial charge in [0.05, 0.1) is 0 Å². The lowest BCUT2D eigenvalue weighted by molar-refractivity contribution is -0.00449. The SMILES string of the molecule is CC(C)(C)c1ccccc1Nc1cccc(-c2ccc(C34CC5C[C@H](C3)C[C@@H](C5)C4)c3ccccc23)c1. The summed E-state index contributed by atoms with van der Waals surface area (Å²) in [7, 11) is 0. The molecule has 0 aliphatic heterocycles. The molecule has 4 fully saturated rings. The van der Waals surface area contributed by atoms with Gasteiger partial charge in [0.2, 0.25) is 0 Å². The van der Waals surface area contributed by atoms with Crippen LogP contribution in [-0.4, -0.2) is 0 Å². The van der Waals surface area contributed by atoms with Crippen molar-refractivity contribution >= 4 is 22.1 Å². The molecular weight excluding hydrogens is 446 g/mol. The van der Waals surface area contributed by atoms with Crippen LogP contribution < -0.4 is 5.32 Å². The molecule has 4 saturated carbocycles. The maximum Gasteiger partial charge on any atom is 0.0422 e. The Morgan fingerprint density at radius 1 is 0.676 bits per heavy atom. The number of benzene rings is 4. The van der Waals surface area contributed by atoms with E-state index in [0.717, 1.165) is 23.4 Å². The molecular formula is C36H39N. The monoisotopic (exact) mass is 485 g/mol. The smallest absolute Gasteiger partial charge is 0.0422 e. The molecule has 188 valence electrons. The Morgan fingerprint density at radius 2 is 1.32 bits per heavy atom. The average molecular weight is 486 g/mol. The van der Waals surface area contributed by atoms with Gasteiger partial charge < -0.3 is 5.32 Å². The van der Waals surface area contributed by atoms with Gasteiger partial charge >= 0.3 is 0 Å². The van der Waals surface area contributed by atoms with Crippen molar-refractivity contribution in [3.8, 4) is 11.1 Å². The number of nitrogens with one attached hydrogen (secondary N) is 1. The first-order chi connectivity index (χ1) is 17.9. The third-order valence-corrected chi connectivity index (χ3v) is 9.72. The molecule has 0 heterocycles. The number of hydrogen-bond donors (Lipinski definition) is 1. The highest BCUT2D eigenvalue weighted by Gasteiger charge is 2.52. The van der Waals surface area contributed by atoms with E-state index in [1.807, 2.05) is 0 Å². The zero-order valence-electron chi connectivity index (χ0n) is 22.6. The van der Waals surface area contributed by atoms with E-state index in [-0.39, 0.29) is 5.41 Å². The summed E-state index contributed by atoms with van der Waals surface area (Å²) in [5.41, 5.74) is 8.43. The number of rotatable bonds is 4. The predicted octanol–water partition coefficient (Wildman–Crippen LogP) is 10.0. The molecule has 0 unspecified atom stereocenters. The lowest BCUT2D eigenvalue weighted by atomic mass is 9.47. The molecule has 4 aliphatic carbocycles. The molecule has 1 nitrogen and oxygen atoms in total. The Kier molecular flexibility index (Phi) is 5.29. The number of anilines is 2. The van der Waals surface area contributed by atoms with Crippen molar-refractivity contribution in [2.45, 2.75) is 70.1 Å². The normalized spacial score (nSPS) is 26.5. The second kappa shape index (κ2) is 8.48. The highest BCUT2D eigenvalue weighted by Crippen LogP contribution is 2.61. The van der Waals surface area contributed by atoms with Crippen molar-refractivity contribution in [2.24, 2.45) is 17.8 Å². The largest absolute Gasteiger partial charge is 0.355 e. The van der Waals surface area contributed by atoms with Crippen LogP contribution in [0.4, 0.5) is 11.4 Å². The van der Waals surface area contributed by atoms with Gasteiger partial charge in [-0.15, -0.1) is 0 Å². The van der Waals surface area contributed by atoms with Gasteiger partial charge in [0.15, 0.2) is 0 Å². The number of fused-ring (bicyclic) bond motifs is 1. The van der Waals surface area contributed by atoms with E-state index in [1.165, 1.54) is 71.7 Å². The third kappa shape index (κ3) is 3.99. The quantitative estimate of drug-likeness (QED) is 0.303. The van der Waals surface area contributed by atoms with E-state index >= 15 is 0 Å². The molecule has 4 aliphatic rings. The van der Waals surface area contributed by atoms with Crippen molar-refractivity contribution in [1.82, 2.24) is 0 Å². The number of para-hydroxylation sites is 1. The van der Waals surface area contributed by atoms with Gasteiger partial charge in [-0.3, -0.25) is 0 Å². The zero-order chi connectivity index (χ0) is 25.2. The minimum absolute atomic E-state index is 0.0878. The van der Waals surface area contributed by atoms with Crippen LogP contribution in [0.5, 0.6) is 0 Å². The molecule has 4 bridgehead atoms. The fourth-order valence-electron chi connectivity index (χ4n) is 8.62. The zero-order valence-corrected chi connectivity index (χ0v) is 22.6. The molecule has 4 aromatic carbocycles. The first-order valence-electron chi connectivity index (χ1n) is 14.4. The van der Waals surface area contributed by atoms with Gasteiger partial charge in [0.25, 0.3) is 0 Å². The molecule has 0 amide bonds. The fraction of sp³-hybridized carbons (Fsp3) is 0.389. The molecule has 37 heavy (non-hydrogen) atoms. The molecule has 8 rings (SSSR count). The lowest BCUT2D eigenvalue weighted by Crippen LogP contribution is -2.48. The van der Waals surface area contributed by atoms with Crippen molar-refractivity contribution in [3.05, 3.63) is 96.1 Å². The van der Waals surface area contributed by atoms with Gasteiger partial charge in [0.1, 0.15) is 0 Å². The van der Waals surface area contributed by atoms with Gasteiger partial charge in [0, 0.05) is 11.4 Å². The third-order valence-electron chi connectivity index (χ3n) is 9.72. The summed E-state index contributed by atoms with van der Waals surface area (Å²) in [6.45, 7) is 6.84. The van der Waals surface area contributed by atoms with Gasteiger partial charge in [-0.2, -0.15) is 0 Å². The topological polar surface area (TPSA) is 12.0 Å². The molecule has 0 radical (unpaired) electrons. The summed E-state index contributed by atoms with van der Waals surface area (Å²) >= 11 is 0. The summed E-state index contributed by atoms with van der Waals surface area (Å²) in [4.78, 5) is 0. The van der Waals surface area contributed by atoms with Crippen LogP contribution in [0.2, 0.25) is 0 Å². The van der Waals surface area contributed by atoms with Gasteiger partial charge in [-0.05, 0) is 118 Å². The number of hydrogen-bond acceptors (Lipinski definition) is 1. The summed E-state index contributed by atoms with van der Waals surface area (Å²) in [6, 6.07) is 31.8. The summed E-state index contributed by atoms with van der Waals surface area (Å²) in [5.74, 6) is 2.88. The molecule has 0 atom stereocenters. The van der Waals surface area contributed by atoms with Crippen molar-refractivity contribution in [1.29, 1.82) is 0 Å². The molecule has 0 saturated heterocycles. The van der Waals surface area contributed by atoms with E-state index in [9.17, 15) is 0 Å². The fourth-order valence-corrected chi connectivity index (χ4v) is 8.62. The van der Waals surface area contributed by atoms with E-state index in [2.05, 4.69) is 111 Å². The van der Waals surface area contributed by atoms with Crippen LogP contribution in [0.25, 0.3) is 21.9 Å². The highest BCUT2D eigenvalue weighted by molar-refractivity contribution is 5.99. The summed E-state index contributed by atoms with van der Waals surface area (Å²) in [5, 5.41) is 6.63. The second-order valence-electron chi connectivity index (χ2n) is 13.4. The maximum atomic E-state index is 3.74. The summed E-state index contributed by atoms with van der Waals surface area (Å²) in [6.07, 6.45) is 8.72. The molecule has 4 aromatic rings. The Bertz CT molecular complexity index is 1430. The van der Waals surface area contributed by atoms with Crippen molar-refractivity contribution < 1.29 is 0 Å². The minimum atomic E-state index is 0.0878. The second-order valence-corrected chi connectivity index (χ2v) is 13.4. The van der Waals surface area contributed by atoms with Crippen LogP contribution in [-0.2, 0) is 10.8 Å². The van der Waals surface area contributed by atoms with Crippen LogP contribution >= 0.6 is 0 Å². The Labute approximate surface area is 222 Å². The van der Waals surface area contributed by atoms with Crippen LogP contribution in [0.15, 0.2) is 84.9 Å². The van der Waals surface area contributed by atoms with Gasteiger partial charge in [-0.25, -0.2) is 0 Å². The Morgan fingerprint density at radius 3 is 2.03 bits per heavy atom. The maximum absolute atomic E-state index is 3.74. The van der Waals surface area contributed by atoms with E-state index < -0.39 is 0 Å². The summed E-state index contributed by atoms with van der Waals surface area (Å²) < 4.78 is 0. The van der Waals surface area contributed by atoms with Crippen molar-refractivity contribution in [2.75, 3.05) is 5.32 Å². The van der Waals surface area contributed by atoms with Crippen molar-refractivity contribution in [3.63, 3.8) is 0 Å². The van der Waals surface area contributed by atoms with E-state index in [0.29, 0.717) is 5.41 Å². The predicted molar refractivity (Wildman–Crippen MR) is 158 cm³/mol. The lowest BCUT2D eigenvalue weighted by Gasteiger charge is -2.57. The van der Waals surface area contributed by atoms with Gasteiger partial charge in [-0.1, -0.05) is 87.5 Å². The molecule has 1 N–H and O–H groups in total. The molecule has 0 aromatic heterocycles. The van der Waals surface area contributed by atoms with Crippen LogP contribution in [0.1, 0.15) is 70.4 Å². The van der Waals surface area contributed by atoms with Crippen LogP contribution in [0.3, 0.4) is 0 Å². The Hall–Kier alpha value is -3.06. The highest BCUT2D eigenvalue weighted by atomic mass is 14.9. The molecule has 1 heteroatoms. The molecule has 0 spiro atoms. The first kappa shape index (κ1) is 23.1. The van der Waals surface area contributed by atoms with E-state index in [1.54, 1.807) is 5.56 Å². The Balaban J connectivity index is 1.28. The van der Waals surface area contributed by atoms with Crippen LogP contribution in [0, 0.1) is 17.8 Å². The minimum Gasteiger partial charge on any atom is -0.355 e.